The maximum Gasteiger partial charge on any atom is 0.342 e. The van der Waals surface area contributed by atoms with E-state index in [1.54, 1.807) is 12.1 Å². The summed E-state index contributed by atoms with van der Waals surface area (Å²) in [4.78, 5) is 11.8. The molecule has 2 aromatic rings. The summed E-state index contributed by atoms with van der Waals surface area (Å²) in [6.07, 6.45) is 0. The fraction of sp³-hybridized carbons (Fsp3) is 0.214. The van der Waals surface area contributed by atoms with Gasteiger partial charge >= 0.3 is 5.97 Å². The van der Waals surface area contributed by atoms with Gasteiger partial charge in [0.05, 0.1) is 11.3 Å². The Balaban J connectivity index is 2.55. The largest absolute Gasteiger partial charge is 0.435 e. The van der Waals surface area contributed by atoms with Gasteiger partial charge < -0.3 is 14.4 Å². The Morgan fingerprint density at radius 2 is 1.78 bits per heavy atom. The van der Waals surface area contributed by atoms with E-state index in [2.05, 4.69) is 4.74 Å². The first-order valence-corrected chi connectivity index (χ1v) is 5.67. The molecule has 0 atom stereocenters. The topological polar surface area (TPSA) is 51.5 Å². The summed E-state index contributed by atoms with van der Waals surface area (Å²) in [6.45, 7) is 3.33. The molecule has 0 amide bonds. The van der Waals surface area contributed by atoms with E-state index in [0.29, 0.717) is 5.56 Å². The SMILES string of the molecule is Cc1ccc(C)n1-c1ccccc1C(=O)OCO. The number of aromatic nitrogens is 1. The Kier molecular flexibility index (Phi) is 3.48. The first-order chi connectivity index (χ1) is 8.65. The number of aryl methyl sites for hydroxylation is 2. The normalized spacial score (nSPS) is 10.4. The van der Waals surface area contributed by atoms with E-state index < -0.39 is 12.8 Å². The first-order valence-electron chi connectivity index (χ1n) is 5.67. The number of esters is 1. The number of benzene rings is 1. The highest BCUT2D eigenvalue weighted by atomic mass is 16.6. The van der Waals surface area contributed by atoms with Crippen molar-refractivity contribution in [1.29, 1.82) is 0 Å². The number of carbonyl (C=O) groups is 1. The van der Waals surface area contributed by atoms with Crippen molar-refractivity contribution in [2.45, 2.75) is 13.8 Å². The van der Waals surface area contributed by atoms with Crippen LogP contribution < -0.4 is 0 Å². The van der Waals surface area contributed by atoms with Gasteiger partial charge in [-0.05, 0) is 38.1 Å². The molecule has 1 heterocycles. The van der Waals surface area contributed by atoms with Crippen LogP contribution in [0.2, 0.25) is 0 Å². The van der Waals surface area contributed by atoms with Crippen molar-refractivity contribution in [3.8, 4) is 5.69 Å². The minimum atomic E-state index is -0.614. The number of aliphatic hydroxyl groups is 1. The van der Waals surface area contributed by atoms with Crippen molar-refractivity contribution in [2.24, 2.45) is 0 Å². The molecule has 0 aliphatic carbocycles. The lowest BCUT2D eigenvalue weighted by molar-refractivity contribution is 0.00685. The fourth-order valence-corrected chi connectivity index (χ4v) is 2.03. The Bertz CT molecular complexity index is 553. The molecule has 1 aromatic carbocycles. The number of hydrogen-bond donors (Lipinski definition) is 1. The third-order valence-corrected chi connectivity index (χ3v) is 2.83. The monoisotopic (exact) mass is 245 g/mol. The molecule has 0 fully saturated rings. The average molecular weight is 245 g/mol. The minimum Gasteiger partial charge on any atom is -0.435 e. The number of hydrogen-bond acceptors (Lipinski definition) is 3. The molecular weight excluding hydrogens is 230 g/mol. The number of carbonyl (C=O) groups excluding carboxylic acids is 1. The van der Waals surface area contributed by atoms with Gasteiger partial charge in [-0.2, -0.15) is 0 Å². The maximum atomic E-state index is 11.8. The number of nitrogens with zero attached hydrogens (tertiary/aromatic N) is 1. The van der Waals surface area contributed by atoms with Crippen molar-refractivity contribution in [2.75, 3.05) is 6.79 Å². The summed E-state index contributed by atoms with van der Waals surface area (Å²) in [5, 5.41) is 8.68. The van der Waals surface area contributed by atoms with Crippen molar-refractivity contribution >= 4 is 5.97 Å². The summed E-state index contributed by atoms with van der Waals surface area (Å²) in [5.74, 6) is -0.527. The first kappa shape index (κ1) is 12.4. The van der Waals surface area contributed by atoms with Crippen LogP contribution >= 0.6 is 0 Å². The summed E-state index contributed by atoms with van der Waals surface area (Å²) in [7, 11) is 0. The van der Waals surface area contributed by atoms with E-state index >= 15 is 0 Å². The van der Waals surface area contributed by atoms with Crippen LogP contribution in [0.15, 0.2) is 36.4 Å². The lowest BCUT2D eigenvalue weighted by atomic mass is 10.1. The van der Waals surface area contributed by atoms with Crippen LogP contribution in [0, 0.1) is 13.8 Å². The van der Waals surface area contributed by atoms with Gasteiger partial charge in [0, 0.05) is 11.4 Å². The molecule has 0 spiro atoms. The predicted molar refractivity (Wildman–Crippen MR) is 67.7 cm³/mol. The molecule has 0 aliphatic heterocycles. The van der Waals surface area contributed by atoms with Gasteiger partial charge in [0.25, 0.3) is 0 Å². The lowest BCUT2D eigenvalue weighted by Gasteiger charge is -2.13. The molecule has 0 unspecified atom stereocenters. The van der Waals surface area contributed by atoms with Crippen LogP contribution in [0.1, 0.15) is 21.7 Å². The molecule has 0 radical (unpaired) electrons. The van der Waals surface area contributed by atoms with Crippen molar-refractivity contribution in [3.05, 3.63) is 53.3 Å². The van der Waals surface area contributed by atoms with E-state index in [0.717, 1.165) is 17.1 Å². The van der Waals surface area contributed by atoms with E-state index in [1.807, 2.05) is 42.7 Å². The molecule has 0 bridgehead atoms. The highest BCUT2D eigenvalue weighted by Gasteiger charge is 2.15. The second-order valence-corrected chi connectivity index (χ2v) is 4.03. The Morgan fingerprint density at radius 1 is 1.17 bits per heavy atom. The van der Waals surface area contributed by atoms with Crippen molar-refractivity contribution < 1.29 is 14.6 Å². The van der Waals surface area contributed by atoms with Crippen molar-refractivity contribution in [3.63, 3.8) is 0 Å². The van der Waals surface area contributed by atoms with E-state index in [-0.39, 0.29) is 0 Å². The third kappa shape index (κ3) is 2.15. The zero-order chi connectivity index (χ0) is 13.1. The van der Waals surface area contributed by atoms with Gasteiger partial charge in [-0.1, -0.05) is 12.1 Å². The highest BCUT2D eigenvalue weighted by molar-refractivity contribution is 5.93. The molecule has 4 nitrogen and oxygen atoms in total. The number of aliphatic hydroxyl groups excluding tert-OH is 1. The summed E-state index contributed by atoms with van der Waals surface area (Å²) >= 11 is 0. The second kappa shape index (κ2) is 5.06. The smallest absolute Gasteiger partial charge is 0.342 e. The molecule has 94 valence electrons. The van der Waals surface area contributed by atoms with Crippen LogP contribution in [0.25, 0.3) is 5.69 Å². The van der Waals surface area contributed by atoms with Gasteiger partial charge in [-0.25, -0.2) is 4.79 Å². The molecule has 18 heavy (non-hydrogen) atoms. The summed E-state index contributed by atoms with van der Waals surface area (Å²) < 4.78 is 6.63. The molecule has 0 saturated carbocycles. The van der Waals surface area contributed by atoms with Gasteiger partial charge in [0.1, 0.15) is 0 Å². The fourth-order valence-electron chi connectivity index (χ4n) is 2.03. The third-order valence-electron chi connectivity index (χ3n) is 2.83. The average Bonchev–Trinajstić information content (AvgIpc) is 2.69. The minimum absolute atomic E-state index is 0.439. The van der Waals surface area contributed by atoms with Crippen LogP contribution in [0.3, 0.4) is 0 Å². The van der Waals surface area contributed by atoms with E-state index in [1.165, 1.54) is 0 Å². The number of ether oxygens (including phenoxy) is 1. The zero-order valence-corrected chi connectivity index (χ0v) is 10.4. The summed E-state index contributed by atoms with van der Waals surface area (Å²) in [5.41, 5.74) is 3.28. The Labute approximate surface area is 105 Å². The number of rotatable bonds is 3. The van der Waals surface area contributed by atoms with Crippen LogP contribution in [0.5, 0.6) is 0 Å². The van der Waals surface area contributed by atoms with E-state index in [9.17, 15) is 4.79 Å². The van der Waals surface area contributed by atoms with Gasteiger partial charge in [-0.15, -0.1) is 0 Å². The van der Waals surface area contributed by atoms with Gasteiger partial charge in [-0.3, -0.25) is 0 Å². The Hall–Kier alpha value is -2.07. The number of para-hydroxylation sites is 1. The highest BCUT2D eigenvalue weighted by Crippen LogP contribution is 2.20. The zero-order valence-electron chi connectivity index (χ0n) is 10.4. The molecule has 2 rings (SSSR count). The molecule has 1 aromatic heterocycles. The predicted octanol–water partition coefficient (Wildman–Crippen LogP) is 2.20. The molecule has 0 aliphatic rings. The van der Waals surface area contributed by atoms with E-state index in [4.69, 9.17) is 5.11 Å². The second-order valence-electron chi connectivity index (χ2n) is 4.03. The molecule has 4 heteroatoms. The lowest BCUT2D eigenvalue weighted by Crippen LogP contribution is -2.11. The van der Waals surface area contributed by atoms with Crippen molar-refractivity contribution in [1.82, 2.24) is 4.57 Å². The molecule has 0 saturated heterocycles. The standard InChI is InChI=1S/C14H15NO3/c1-10-7-8-11(2)15(10)13-6-4-3-5-12(13)14(17)18-9-16/h3-8,16H,9H2,1-2H3. The van der Waals surface area contributed by atoms with Gasteiger partial charge in [0.15, 0.2) is 6.79 Å². The molecule has 1 N–H and O–H groups in total. The van der Waals surface area contributed by atoms with Crippen LogP contribution in [-0.4, -0.2) is 22.4 Å². The summed E-state index contributed by atoms with van der Waals surface area (Å²) in [6, 6.07) is 11.2. The van der Waals surface area contributed by atoms with Crippen LogP contribution in [0.4, 0.5) is 0 Å². The quantitative estimate of drug-likeness (QED) is 0.666. The molecular formula is C14H15NO3. The Morgan fingerprint density at radius 3 is 2.39 bits per heavy atom. The van der Waals surface area contributed by atoms with Gasteiger partial charge in [0.2, 0.25) is 0 Å². The maximum absolute atomic E-state index is 11.8. The van der Waals surface area contributed by atoms with Crippen LogP contribution in [-0.2, 0) is 4.74 Å².